The molecule has 1 heterocycles. The summed E-state index contributed by atoms with van der Waals surface area (Å²) in [5, 5.41) is 9.47. The van der Waals surface area contributed by atoms with Gasteiger partial charge in [0, 0.05) is 11.5 Å². The topological polar surface area (TPSA) is 42.2 Å². The van der Waals surface area contributed by atoms with Crippen LogP contribution in [0.1, 0.15) is 32.9 Å². The standard InChI is InChI=1S/C10H15NO2/c1-4-10(2,3)8-6-5-7-9(12)11(8)13/h5-7,13H,4H2,1-3H3. The van der Waals surface area contributed by atoms with Gasteiger partial charge in [0.1, 0.15) is 0 Å². The molecule has 0 unspecified atom stereocenters. The van der Waals surface area contributed by atoms with Crippen molar-refractivity contribution in [3.05, 3.63) is 34.2 Å². The third-order valence-corrected chi connectivity index (χ3v) is 2.51. The minimum Gasteiger partial charge on any atom is -0.425 e. The van der Waals surface area contributed by atoms with E-state index >= 15 is 0 Å². The highest BCUT2D eigenvalue weighted by atomic mass is 16.5. The van der Waals surface area contributed by atoms with Crippen LogP contribution in [0, 0.1) is 0 Å². The monoisotopic (exact) mass is 181 g/mol. The third-order valence-electron chi connectivity index (χ3n) is 2.51. The first-order valence-corrected chi connectivity index (χ1v) is 4.41. The zero-order valence-electron chi connectivity index (χ0n) is 8.24. The van der Waals surface area contributed by atoms with Gasteiger partial charge >= 0.3 is 0 Å². The van der Waals surface area contributed by atoms with Crippen LogP contribution in [-0.4, -0.2) is 9.94 Å². The molecule has 1 aromatic heterocycles. The summed E-state index contributed by atoms with van der Waals surface area (Å²) in [5.41, 5.74) is 0.108. The average molecular weight is 181 g/mol. The lowest BCUT2D eigenvalue weighted by Gasteiger charge is -2.23. The Hall–Kier alpha value is -1.25. The predicted octanol–water partition coefficient (Wildman–Crippen LogP) is 1.77. The lowest BCUT2D eigenvalue weighted by atomic mass is 9.86. The quantitative estimate of drug-likeness (QED) is 0.706. The summed E-state index contributed by atoms with van der Waals surface area (Å²) in [7, 11) is 0. The van der Waals surface area contributed by atoms with Gasteiger partial charge in [-0.15, -0.1) is 0 Å². The van der Waals surface area contributed by atoms with Gasteiger partial charge in [0.25, 0.3) is 5.56 Å². The Morgan fingerprint density at radius 2 is 2.08 bits per heavy atom. The summed E-state index contributed by atoms with van der Waals surface area (Å²) in [6.45, 7) is 6.01. The fourth-order valence-electron chi connectivity index (χ4n) is 1.17. The largest absolute Gasteiger partial charge is 0.425 e. The van der Waals surface area contributed by atoms with Gasteiger partial charge in [-0.3, -0.25) is 4.79 Å². The Morgan fingerprint density at radius 1 is 1.46 bits per heavy atom. The van der Waals surface area contributed by atoms with Crippen LogP contribution < -0.4 is 5.56 Å². The SMILES string of the molecule is CCC(C)(C)c1cccc(=O)n1O. The molecule has 1 rings (SSSR count). The van der Waals surface area contributed by atoms with Crippen LogP contribution in [0.4, 0.5) is 0 Å². The highest BCUT2D eigenvalue weighted by Gasteiger charge is 2.21. The lowest BCUT2D eigenvalue weighted by molar-refractivity contribution is 0.151. The van der Waals surface area contributed by atoms with Crippen molar-refractivity contribution in [2.45, 2.75) is 32.6 Å². The molecule has 1 N–H and O–H groups in total. The number of nitrogens with zero attached hydrogens (tertiary/aromatic N) is 1. The molecular weight excluding hydrogens is 166 g/mol. The molecule has 0 aliphatic heterocycles. The van der Waals surface area contributed by atoms with Crippen LogP contribution in [0.5, 0.6) is 0 Å². The van der Waals surface area contributed by atoms with Crippen molar-refractivity contribution in [3.63, 3.8) is 0 Å². The second-order valence-electron chi connectivity index (χ2n) is 3.80. The van der Waals surface area contributed by atoms with Gasteiger partial charge in [-0.25, -0.2) is 0 Å². The van der Waals surface area contributed by atoms with Crippen LogP contribution in [0.25, 0.3) is 0 Å². The fourth-order valence-corrected chi connectivity index (χ4v) is 1.17. The molecule has 3 heteroatoms. The van der Waals surface area contributed by atoms with E-state index in [-0.39, 0.29) is 11.0 Å². The maximum absolute atomic E-state index is 11.1. The van der Waals surface area contributed by atoms with Gasteiger partial charge in [0.15, 0.2) is 0 Å². The molecule has 1 aromatic rings. The van der Waals surface area contributed by atoms with Gasteiger partial charge in [-0.05, 0) is 12.5 Å². The number of hydrogen-bond donors (Lipinski definition) is 1. The van der Waals surface area contributed by atoms with Gasteiger partial charge in [-0.1, -0.05) is 26.8 Å². The van der Waals surface area contributed by atoms with Crippen LogP contribution in [0.3, 0.4) is 0 Å². The molecule has 0 fully saturated rings. The molecule has 0 spiro atoms. The van der Waals surface area contributed by atoms with Crippen molar-refractivity contribution in [1.29, 1.82) is 0 Å². The highest BCUT2D eigenvalue weighted by molar-refractivity contribution is 5.15. The molecular formula is C10H15NO2. The first-order chi connectivity index (χ1) is 5.99. The molecule has 0 atom stereocenters. The van der Waals surface area contributed by atoms with Gasteiger partial charge in [-0.2, -0.15) is 4.73 Å². The second-order valence-corrected chi connectivity index (χ2v) is 3.80. The molecule has 72 valence electrons. The van der Waals surface area contributed by atoms with Crippen LogP contribution in [-0.2, 0) is 5.41 Å². The predicted molar refractivity (Wildman–Crippen MR) is 51.2 cm³/mol. The first-order valence-electron chi connectivity index (χ1n) is 4.41. The van der Waals surface area contributed by atoms with Gasteiger partial charge in [0.05, 0.1) is 5.69 Å². The van der Waals surface area contributed by atoms with Crippen molar-refractivity contribution in [1.82, 2.24) is 4.73 Å². The van der Waals surface area contributed by atoms with E-state index in [0.29, 0.717) is 5.69 Å². The normalized spacial score (nSPS) is 11.6. The van der Waals surface area contributed by atoms with Crippen molar-refractivity contribution >= 4 is 0 Å². The van der Waals surface area contributed by atoms with Gasteiger partial charge in [0.2, 0.25) is 0 Å². The van der Waals surface area contributed by atoms with Crippen molar-refractivity contribution in [3.8, 4) is 0 Å². The van der Waals surface area contributed by atoms with Crippen LogP contribution in [0.15, 0.2) is 23.0 Å². The molecule has 13 heavy (non-hydrogen) atoms. The maximum atomic E-state index is 11.1. The molecule has 0 aliphatic rings. The third kappa shape index (κ3) is 1.74. The van der Waals surface area contributed by atoms with Crippen LogP contribution in [0.2, 0.25) is 0 Å². The zero-order chi connectivity index (χ0) is 10.1. The van der Waals surface area contributed by atoms with Crippen molar-refractivity contribution in [2.75, 3.05) is 0 Å². The Balaban J connectivity index is 3.31. The molecule has 3 nitrogen and oxygen atoms in total. The Morgan fingerprint density at radius 3 is 2.62 bits per heavy atom. The Kier molecular flexibility index (Phi) is 2.45. The van der Waals surface area contributed by atoms with Crippen molar-refractivity contribution < 1.29 is 5.21 Å². The van der Waals surface area contributed by atoms with E-state index in [9.17, 15) is 10.0 Å². The molecule has 0 amide bonds. The summed E-state index contributed by atoms with van der Waals surface area (Å²) in [6, 6.07) is 4.78. The first kappa shape index (κ1) is 9.84. The van der Waals surface area contributed by atoms with E-state index in [2.05, 4.69) is 0 Å². The molecule has 0 aromatic carbocycles. The average Bonchev–Trinajstić information content (AvgIpc) is 2.09. The second kappa shape index (κ2) is 3.24. The van der Waals surface area contributed by atoms with E-state index in [0.717, 1.165) is 11.2 Å². The summed E-state index contributed by atoms with van der Waals surface area (Å²) < 4.78 is 0.726. The lowest BCUT2D eigenvalue weighted by Crippen LogP contribution is -2.28. The zero-order valence-corrected chi connectivity index (χ0v) is 8.24. The van der Waals surface area contributed by atoms with E-state index in [1.807, 2.05) is 20.8 Å². The van der Waals surface area contributed by atoms with E-state index in [4.69, 9.17) is 0 Å². The number of hydrogen-bond acceptors (Lipinski definition) is 2. The summed E-state index contributed by atoms with van der Waals surface area (Å²) >= 11 is 0. The Labute approximate surface area is 77.6 Å². The minimum absolute atomic E-state index is 0.171. The smallest absolute Gasteiger partial charge is 0.283 e. The molecule has 0 saturated heterocycles. The van der Waals surface area contributed by atoms with Gasteiger partial charge < -0.3 is 5.21 Å². The highest BCUT2D eigenvalue weighted by Crippen LogP contribution is 2.24. The summed E-state index contributed by atoms with van der Waals surface area (Å²) in [4.78, 5) is 11.1. The van der Waals surface area contributed by atoms with Crippen molar-refractivity contribution in [2.24, 2.45) is 0 Å². The number of aromatic nitrogens is 1. The molecule has 0 bridgehead atoms. The van der Waals surface area contributed by atoms with Crippen LogP contribution >= 0.6 is 0 Å². The number of rotatable bonds is 2. The fraction of sp³-hybridized carbons (Fsp3) is 0.500. The van der Waals surface area contributed by atoms with E-state index < -0.39 is 0 Å². The molecule has 0 saturated carbocycles. The molecule has 0 radical (unpaired) electrons. The minimum atomic E-state index is -0.376. The van der Waals surface area contributed by atoms with E-state index in [1.165, 1.54) is 6.07 Å². The van der Waals surface area contributed by atoms with E-state index in [1.54, 1.807) is 12.1 Å². The summed E-state index contributed by atoms with van der Waals surface area (Å²) in [6.07, 6.45) is 0.872. The Bertz CT molecular complexity index is 352. The summed E-state index contributed by atoms with van der Waals surface area (Å²) in [5.74, 6) is 0. The maximum Gasteiger partial charge on any atom is 0.283 e. The molecule has 0 aliphatic carbocycles. The number of pyridine rings is 1.